The van der Waals surface area contributed by atoms with E-state index in [1.54, 1.807) is 20.8 Å². The molecule has 13 heavy (non-hydrogen) atoms. The van der Waals surface area contributed by atoms with Crippen molar-refractivity contribution in [2.45, 2.75) is 74.2 Å². The molecule has 0 aromatic rings. The summed E-state index contributed by atoms with van der Waals surface area (Å²) in [5.74, 6) is 0. The van der Waals surface area contributed by atoms with E-state index >= 15 is 0 Å². The molecule has 0 nitrogen and oxygen atoms in total. The molecule has 0 saturated carbocycles. The van der Waals surface area contributed by atoms with Gasteiger partial charge in [0.05, 0.1) is 0 Å². The zero-order chi connectivity index (χ0) is 10.2. The Morgan fingerprint density at radius 2 is 0.769 bits per heavy atom. The summed E-state index contributed by atoms with van der Waals surface area (Å²) in [4.78, 5) is 0. The Hall–Kier alpha value is 0.558. The second-order valence-corrected chi connectivity index (χ2v) is 15.0. The maximum absolute atomic E-state index is 2.38. The van der Waals surface area contributed by atoms with Crippen molar-refractivity contribution in [3.8, 4) is 0 Å². The molecule has 0 aliphatic rings. The van der Waals surface area contributed by atoms with Crippen molar-refractivity contribution in [1.82, 2.24) is 0 Å². The summed E-state index contributed by atoms with van der Waals surface area (Å²) in [6.45, 7) is 9.50. The first-order valence-corrected chi connectivity index (χ1v) is 12.2. The molecule has 0 spiro atoms. The van der Waals surface area contributed by atoms with E-state index in [1.807, 2.05) is 0 Å². The Bertz CT molecular complexity index is 80.2. The summed E-state index contributed by atoms with van der Waals surface area (Å²) >= 11 is -1.32. The fourth-order valence-corrected chi connectivity index (χ4v) is 14.9. The number of hydrogen-bond acceptors (Lipinski definition) is 0. The van der Waals surface area contributed by atoms with Crippen LogP contribution in [0.5, 0.6) is 0 Å². The van der Waals surface area contributed by atoms with Crippen LogP contribution in [-0.2, 0) is 0 Å². The van der Waals surface area contributed by atoms with E-state index < -0.39 is 13.6 Å². The molecule has 0 unspecified atom stereocenters. The van der Waals surface area contributed by atoms with Gasteiger partial charge in [-0.1, -0.05) is 0 Å². The molecule has 0 bridgehead atoms. The van der Waals surface area contributed by atoms with Gasteiger partial charge in [-0.3, -0.25) is 0 Å². The summed E-state index contributed by atoms with van der Waals surface area (Å²) in [5, 5.41) is 6.54. The molecule has 0 aromatic carbocycles. The van der Waals surface area contributed by atoms with Gasteiger partial charge in [0.15, 0.2) is 0 Å². The van der Waals surface area contributed by atoms with Crippen molar-refractivity contribution in [2.75, 3.05) is 0 Å². The molecule has 0 fully saturated rings. The molecular weight excluding hydrogens is 219 g/mol. The van der Waals surface area contributed by atoms with Crippen LogP contribution in [0.2, 0.25) is 20.8 Å². The quantitative estimate of drug-likeness (QED) is 0.541. The first-order chi connectivity index (χ1) is 6.24. The third-order valence-corrected chi connectivity index (χ3v) is 16.2. The fourth-order valence-electron chi connectivity index (χ4n) is 2.87. The van der Waals surface area contributed by atoms with Crippen LogP contribution >= 0.6 is 0 Å². The molecule has 0 aliphatic heterocycles. The van der Waals surface area contributed by atoms with Crippen molar-refractivity contribution in [3.63, 3.8) is 0 Å². The predicted octanol–water partition coefficient (Wildman–Crippen LogP) is 4.81. The molecule has 0 rings (SSSR count). The topological polar surface area (TPSA) is 0 Å². The van der Waals surface area contributed by atoms with E-state index in [2.05, 4.69) is 27.7 Å². The van der Waals surface area contributed by atoms with Gasteiger partial charge in [-0.25, -0.2) is 0 Å². The predicted molar refractivity (Wildman–Crippen MR) is 67.5 cm³/mol. The van der Waals surface area contributed by atoms with Crippen LogP contribution in [-0.4, -0.2) is 13.6 Å². The van der Waals surface area contributed by atoms with Gasteiger partial charge in [-0.2, -0.15) is 0 Å². The van der Waals surface area contributed by atoms with Crippen LogP contribution in [0.25, 0.3) is 0 Å². The van der Waals surface area contributed by atoms with Crippen molar-refractivity contribution in [2.24, 2.45) is 0 Å². The summed E-state index contributed by atoms with van der Waals surface area (Å²) in [5.41, 5.74) is 0. The normalized spacial score (nSPS) is 13.2. The van der Waals surface area contributed by atoms with Crippen LogP contribution in [0.1, 0.15) is 53.4 Å². The molecular formula is C12H29As. The molecule has 0 aromatic heterocycles. The Labute approximate surface area is 87.9 Å². The summed E-state index contributed by atoms with van der Waals surface area (Å²) in [6, 6.07) is 0. The molecule has 0 saturated heterocycles. The third kappa shape index (κ3) is 5.11. The molecule has 0 heterocycles. The molecule has 82 valence electrons. The molecule has 0 atom stereocenters. The van der Waals surface area contributed by atoms with Crippen LogP contribution in [0, 0.1) is 0 Å². The summed E-state index contributed by atoms with van der Waals surface area (Å²) in [7, 11) is 0. The van der Waals surface area contributed by atoms with Crippen LogP contribution in [0.15, 0.2) is 0 Å². The molecule has 0 aliphatic carbocycles. The fraction of sp³-hybridized carbons (Fsp3) is 1.00. The summed E-state index contributed by atoms with van der Waals surface area (Å²) in [6.07, 6.45) is 5.78. The van der Waals surface area contributed by atoms with Gasteiger partial charge in [0.1, 0.15) is 0 Å². The Kier molecular flexibility index (Phi) is 8.26. The first-order valence-electron chi connectivity index (χ1n) is 6.24. The van der Waals surface area contributed by atoms with Gasteiger partial charge in [-0.15, -0.1) is 0 Å². The maximum atomic E-state index is 2.38. The van der Waals surface area contributed by atoms with E-state index in [1.165, 1.54) is 25.7 Å². The Balaban J connectivity index is 4.19. The Morgan fingerprint density at radius 1 is 0.538 bits per heavy atom. The minimum atomic E-state index is -1.32. The number of rotatable bonds is 8. The SMILES string of the molecule is CCC[AsH](CCC)(CCC)CCC. The van der Waals surface area contributed by atoms with E-state index in [0.29, 0.717) is 0 Å². The second kappa shape index (κ2) is 7.92. The average Bonchev–Trinajstić information content (AvgIpc) is 2.06. The average molecular weight is 248 g/mol. The standard InChI is InChI=1S/C12H29As/c1-5-9-13(10-6-2,11-7-3)12-8-4/h13H,5-12H2,1-4H3. The van der Waals surface area contributed by atoms with E-state index in [0.717, 1.165) is 0 Å². The van der Waals surface area contributed by atoms with Crippen molar-refractivity contribution >= 4 is 13.6 Å². The third-order valence-electron chi connectivity index (χ3n) is 3.12. The van der Waals surface area contributed by atoms with Gasteiger partial charge in [0, 0.05) is 0 Å². The monoisotopic (exact) mass is 248 g/mol. The molecule has 0 amide bonds. The van der Waals surface area contributed by atoms with Gasteiger partial charge < -0.3 is 0 Å². The zero-order valence-electron chi connectivity index (χ0n) is 10.2. The van der Waals surface area contributed by atoms with Crippen molar-refractivity contribution < 1.29 is 0 Å². The summed E-state index contributed by atoms with van der Waals surface area (Å²) < 4.78 is 0. The van der Waals surface area contributed by atoms with Crippen molar-refractivity contribution in [1.29, 1.82) is 0 Å². The van der Waals surface area contributed by atoms with Crippen LogP contribution in [0.3, 0.4) is 0 Å². The molecule has 0 radical (unpaired) electrons. The first kappa shape index (κ1) is 13.6. The van der Waals surface area contributed by atoms with Gasteiger partial charge in [-0.05, 0) is 0 Å². The van der Waals surface area contributed by atoms with Crippen LogP contribution < -0.4 is 0 Å². The molecule has 0 N–H and O–H groups in total. The van der Waals surface area contributed by atoms with Gasteiger partial charge >= 0.3 is 87.8 Å². The van der Waals surface area contributed by atoms with E-state index in [4.69, 9.17) is 0 Å². The van der Waals surface area contributed by atoms with Crippen LogP contribution in [0.4, 0.5) is 0 Å². The van der Waals surface area contributed by atoms with Gasteiger partial charge in [0.2, 0.25) is 0 Å². The Morgan fingerprint density at radius 3 is 0.923 bits per heavy atom. The minimum absolute atomic E-state index is 1.32. The zero-order valence-corrected chi connectivity index (χ0v) is 12.3. The second-order valence-electron chi connectivity index (χ2n) is 4.50. The van der Waals surface area contributed by atoms with E-state index in [-0.39, 0.29) is 0 Å². The van der Waals surface area contributed by atoms with Crippen molar-refractivity contribution in [3.05, 3.63) is 0 Å². The van der Waals surface area contributed by atoms with Gasteiger partial charge in [0.25, 0.3) is 0 Å². The number of hydrogen-bond donors (Lipinski definition) is 0. The molecule has 1 heteroatoms. The van der Waals surface area contributed by atoms with E-state index in [9.17, 15) is 0 Å².